The molecule has 0 aliphatic carbocycles. The first-order valence-corrected chi connectivity index (χ1v) is 12.7. The highest BCUT2D eigenvalue weighted by atomic mass is 35.5. The Morgan fingerprint density at radius 3 is 2.27 bits per heavy atom. The molecular formula is C21H24ClN9O5S. The van der Waals surface area contributed by atoms with E-state index in [0.717, 1.165) is 0 Å². The third kappa shape index (κ3) is 5.19. The molecule has 0 spiro atoms. The lowest BCUT2D eigenvalue weighted by atomic mass is 10.2. The Balaban J connectivity index is 1.82. The van der Waals surface area contributed by atoms with E-state index in [0.29, 0.717) is 16.4 Å². The van der Waals surface area contributed by atoms with Crippen molar-refractivity contribution in [1.29, 1.82) is 0 Å². The number of aromatic nitrogens is 8. The molecule has 2 atom stereocenters. The van der Waals surface area contributed by atoms with Crippen molar-refractivity contribution in [3.8, 4) is 29.0 Å². The molecule has 0 saturated heterocycles. The molecule has 0 bridgehead atoms. The maximum absolute atomic E-state index is 13.5. The zero-order valence-electron chi connectivity index (χ0n) is 20.5. The van der Waals surface area contributed by atoms with Crippen molar-refractivity contribution in [2.24, 2.45) is 7.05 Å². The fraction of sp³-hybridized carbons (Fsp3) is 0.333. The van der Waals surface area contributed by atoms with Crippen molar-refractivity contribution >= 4 is 27.6 Å². The number of anilines is 1. The second-order valence-corrected chi connectivity index (χ2v) is 10.2. The monoisotopic (exact) mass is 549 g/mol. The van der Waals surface area contributed by atoms with E-state index in [4.69, 9.17) is 25.8 Å². The number of sulfonamides is 1. The van der Waals surface area contributed by atoms with Gasteiger partial charge < -0.3 is 14.2 Å². The lowest BCUT2D eigenvalue weighted by Gasteiger charge is -2.23. The molecular weight excluding hydrogens is 526 g/mol. The summed E-state index contributed by atoms with van der Waals surface area (Å²) < 4.78 is 48.8. The number of rotatable bonds is 10. The number of hydrogen-bond donors (Lipinski definition) is 1. The van der Waals surface area contributed by atoms with Crippen LogP contribution in [0.1, 0.15) is 18.7 Å². The third-order valence-electron chi connectivity index (χ3n) is 5.42. The standard InChI is InChI=1S/C21H24ClN9O5S/c1-12(17(34-3)14-7-6-13(22)10-23-14)37(32,33)29-21-27-26-18(15-8-9-30(2)28-15)31(21)16-19(35-4)24-11-25-20(16)36-5/h6-12,17H,1-5H3,(H,27,29). The van der Waals surface area contributed by atoms with E-state index in [1.54, 1.807) is 36.1 Å². The Morgan fingerprint density at radius 1 is 1.03 bits per heavy atom. The first kappa shape index (κ1) is 26.2. The van der Waals surface area contributed by atoms with Crippen molar-refractivity contribution < 1.29 is 22.6 Å². The number of nitrogens with zero attached hydrogens (tertiary/aromatic N) is 8. The maximum Gasteiger partial charge on any atom is 0.245 e. The topological polar surface area (TPSA) is 161 Å². The number of nitrogens with one attached hydrogen (secondary N) is 1. The highest BCUT2D eigenvalue weighted by Crippen LogP contribution is 2.35. The Kier molecular flexibility index (Phi) is 7.56. The van der Waals surface area contributed by atoms with Gasteiger partial charge in [-0.2, -0.15) is 15.1 Å². The molecule has 14 nitrogen and oxygen atoms in total. The van der Waals surface area contributed by atoms with Gasteiger partial charge in [-0.15, -0.1) is 10.2 Å². The zero-order chi connectivity index (χ0) is 26.7. The van der Waals surface area contributed by atoms with Gasteiger partial charge in [0.15, 0.2) is 11.5 Å². The molecule has 0 fully saturated rings. The van der Waals surface area contributed by atoms with E-state index >= 15 is 0 Å². The first-order chi connectivity index (χ1) is 17.7. The quantitative estimate of drug-likeness (QED) is 0.308. The molecule has 1 N–H and O–H groups in total. The number of halogens is 1. The highest BCUT2D eigenvalue weighted by Gasteiger charge is 2.34. The first-order valence-electron chi connectivity index (χ1n) is 10.7. The van der Waals surface area contributed by atoms with E-state index in [9.17, 15) is 8.42 Å². The zero-order valence-corrected chi connectivity index (χ0v) is 22.1. The van der Waals surface area contributed by atoms with Gasteiger partial charge in [0.05, 0.1) is 24.9 Å². The lowest BCUT2D eigenvalue weighted by Crippen LogP contribution is -2.33. The van der Waals surface area contributed by atoms with E-state index in [2.05, 4.69) is 35.0 Å². The summed E-state index contributed by atoms with van der Waals surface area (Å²) in [6.07, 6.45) is 3.46. The summed E-state index contributed by atoms with van der Waals surface area (Å²) in [6.45, 7) is 1.49. The van der Waals surface area contributed by atoms with Crippen LogP contribution >= 0.6 is 11.6 Å². The summed E-state index contributed by atoms with van der Waals surface area (Å²) in [5, 5.41) is 12.0. The second-order valence-electron chi connectivity index (χ2n) is 7.71. The van der Waals surface area contributed by atoms with Crippen molar-refractivity contribution in [2.75, 3.05) is 26.1 Å². The SMILES string of the molecule is COc1ncnc(OC)c1-n1c(NS(=O)(=O)C(C)C(OC)c2ccc(Cl)cn2)nnc1-c1ccn(C)n1. The molecule has 16 heteroatoms. The smallest absolute Gasteiger partial charge is 0.245 e. The van der Waals surface area contributed by atoms with E-state index in [1.165, 1.54) is 45.3 Å². The molecule has 0 radical (unpaired) electrons. The summed E-state index contributed by atoms with van der Waals surface area (Å²) in [7, 11) is 1.81. The van der Waals surface area contributed by atoms with Crippen LogP contribution in [-0.4, -0.2) is 74.5 Å². The molecule has 196 valence electrons. The number of ether oxygens (including phenoxy) is 3. The van der Waals surface area contributed by atoms with Gasteiger partial charge in [0.1, 0.15) is 23.4 Å². The average Bonchev–Trinajstić information content (AvgIpc) is 3.50. The van der Waals surface area contributed by atoms with Crippen LogP contribution in [0.5, 0.6) is 11.8 Å². The van der Waals surface area contributed by atoms with Crippen molar-refractivity contribution in [1.82, 2.24) is 39.5 Å². The molecule has 0 aromatic carbocycles. The van der Waals surface area contributed by atoms with Gasteiger partial charge in [0.2, 0.25) is 27.7 Å². The van der Waals surface area contributed by atoms with E-state index in [1.807, 2.05) is 0 Å². The summed E-state index contributed by atoms with van der Waals surface area (Å²) in [4.78, 5) is 12.5. The molecule has 4 heterocycles. The van der Waals surface area contributed by atoms with Crippen LogP contribution in [0.4, 0.5) is 5.95 Å². The largest absolute Gasteiger partial charge is 0.479 e. The Hall–Kier alpha value is -3.82. The van der Waals surface area contributed by atoms with Crippen molar-refractivity contribution in [3.63, 3.8) is 0 Å². The minimum Gasteiger partial charge on any atom is -0.479 e. The van der Waals surface area contributed by atoms with Crippen LogP contribution in [0.25, 0.3) is 17.2 Å². The summed E-state index contributed by atoms with van der Waals surface area (Å²) >= 11 is 5.93. The van der Waals surface area contributed by atoms with Crippen LogP contribution in [0.3, 0.4) is 0 Å². The predicted molar refractivity (Wildman–Crippen MR) is 133 cm³/mol. The highest BCUT2D eigenvalue weighted by molar-refractivity contribution is 7.93. The van der Waals surface area contributed by atoms with Crippen LogP contribution < -0.4 is 14.2 Å². The molecule has 2 unspecified atom stereocenters. The normalized spacial score (nSPS) is 13.2. The molecule has 0 amide bonds. The Bertz CT molecular complexity index is 1470. The number of aryl methyl sites for hydroxylation is 1. The third-order valence-corrected chi connectivity index (χ3v) is 7.33. The predicted octanol–water partition coefficient (Wildman–Crippen LogP) is 2.04. The molecule has 4 aromatic heterocycles. The molecule has 37 heavy (non-hydrogen) atoms. The average molecular weight is 550 g/mol. The number of pyridine rings is 1. The summed E-state index contributed by atoms with van der Waals surface area (Å²) in [6, 6.07) is 4.89. The van der Waals surface area contributed by atoms with Gasteiger partial charge in [-0.1, -0.05) is 11.6 Å². The van der Waals surface area contributed by atoms with Gasteiger partial charge in [-0.3, -0.25) is 14.4 Å². The fourth-order valence-corrected chi connectivity index (χ4v) is 4.85. The van der Waals surface area contributed by atoms with Gasteiger partial charge in [0.25, 0.3) is 0 Å². The Labute approximate surface area is 217 Å². The molecule has 4 aromatic rings. The van der Waals surface area contributed by atoms with Crippen LogP contribution in [0.2, 0.25) is 5.02 Å². The van der Waals surface area contributed by atoms with Crippen molar-refractivity contribution in [2.45, 2.75) is 18.3 Å². The maximum atomic E-state index is 13.5. The number of hydrogen-bond acceptors (Lipinski definition) is 11. The van der Waals surface area contributed by atoms with Crippen LogP contribution in [0, 0.1) is 0 Å². The van der Waals surface area contributed by atoms with Crippen LogP contribution in [0.15, 0.2) is 36.9 Å². The van der Waals surface area contributed by atoms with Gasteiger partial charge in [-0.25, -0.2) is 13.0 Å². The molecule has 0 aliphatic heterocycles. The Morgan fingerprint density at radius 2 is 1.73 bits per heavy atom. The van der Waals surface area contributed by atoms with Crippen LogP contribution in [-0.2, 0) is 21.8 Å². The summed E-state index contributed by atoms with van der Waals surface area (Å²) in [5.41, 5.74) is 0.966. The minimum atomic E-state index is -4.14. The van der Waals surface area contributed by atoms with Gasteiger partial charge >= 0.3 is 0 Å². The fourth-order valence-electron chi connectivity index (χ4n) is 3.59. The lowest BCUT2D eigenvalue weighted by molar-refractivity contribution is 0.0989. The van der Waals surface area contributed by atoms with Gasteiger partial charge in [0, 0.05) is 26.6 Å². The van der Waals surface area contributed by atoms with Crippen molar-refractivity contribution in [3.05, 3.63) is 47.6 Å². The molecule has 4 rings (SSSR count). The molecule has 0 aliphatic rings. The van der Waals surface area contributed by atoms with E-state index < -0.39 is 21.4 Å². The van der Waals surface area contributed by atoms with E-state index in [-0.39, 0.29) is 29.2 Å². The summed E-state index contributed by atoms with van der Waals surface area (Å²) in [5.74, 6) is 0.216. The second kappa shape index (κ2) is 10.7. The molecule has 0 saturated carbocycles. The van der Waals surface area contributed by atoms with Gasteiger partial charge in [-0.05, 0) is 25.1 Å². The number of methoxy groups -OCH3 is 3. The minimum absolute atomic E-state index is 0.0949.